The Kier molecular flexibility index (Phi) is 5.77. The second kappa shape index (κ2) is 7.50. The maximum Gasteiger partial charge on any atom is 0.226 e. The number of Topliss-reactive ketones (excluding diaryl/α,β-unsaturated/α-hetero) is 1. The van der Waals surface area contributed by atoms with Gasteiger partial charge in [0.1, 0.15) is 11.3 Å². The van der Waals surface area contributed by atoms with E-state index in [0.29, 0.717) is 21.9 Å². The molecule has 2 rings (SSSR count). The van der Waals surface area contributed by atoms with Gasteiger partial charge in [-0.3, -0.25) is 9.59 Å². The molecule has 138 valence electrons. The smallest absolute Gasteiger partial charge is 0.226 e. The zero-order valence-corrected chi connectivity index (χ0v) is 16.5. The Bertz CT molecular complexity index is 792. The third-order valence-electron chi connectivity index (χ3n) is 4.27. The zero-order chi connectivity index (χ0) is 19.5. The first-order chi connectivity index (χ1) is 12.1. The molecule has 0 aromatic heterocycles. The number of nitrogens with one attached hydrogen (secondary N) is 1. The molecule has 0 saturated heterocycles. The Morgan fingerprint density at radius 2 is 1.46 bits per heavy atom. The maximum atomic E-state index is 13.3. The van der Waals surface area contributed by atoms with E-state index in [9.17, 15) is 9.59 Å². The van der Waals surface area contributed by atoms with Crippen molar-refractivity contribution in [3.63, 3.8) is 0 Å². The number of halogens is 1. The van der Waals surface area contributed by atoms with Gasteiger partial charge in [0.2, 0.25) is 5.91 Å². The minimum Gasteiger partial charge on any atom is -0.497 e. The van der Waals surface area contributed by atoms with Crippen LogP contribution in [0, 0.1) is 5.41 Å². The summed E-state index contributed by atoms with van der Waals surface area (Å²) in [7, 11) is 1.58. The van der Waals surface area contributed by atoms with Gasteiger partial charge in [-0.2, -0.15) is 0 Å². The molecule has 0 saturated carbocycles. The number of carbonyl (C=O) groups excluding carboxylic acids is 2. The quantitative estimate of drug-likeness (QED) is 0.778. The monoisotopic (exact) mass is 373 g/mol. The van der Waals surface area contributed by atoms with Gasteiger partial charge in [-0.05, 0) is 48.9 Å². The highest BCUT2D eigenvalue weighted by molar-refractivity contribution is 6.30. The Balaban J connectivity index is 2.50. The van der Waals surface area contributed by atoms with E-state index in [1.165, 1.54) is 0 Å². The van der Waals surface area contributed by atoms with Crippen molar-refractivity contribution in [2.24, 2.45) is 5.41 Å². The van der Waals surface area contributed by atoms with Crippen LogP contribution in [-0.4, -0.2) is 18.8 Å². The van der Waals surface area contributed by atoms with Crippen molar-refractivity contribution in [1.82, 2.24) is 5.32 Å². The van der Waals surface area contributed by atoms with Crippen LogP contribution in [0.25, 0.3) is 0 Å². The van der Waals surface area contributed by atoms with Gasteiger partial charge >= 0.3 is 0 Å². The van der Waals surface area contributed by atoms with Crippen LogP contribution in [-0.2, 0) is 10.3 Å². The highest BCUT2D eigenvalue weighted by Gasteiger charge is 2.39. The molecule has 0 unspecified atom stereocenters. The fourth-order valence-corrected chi connectivity index (χ4v) is 2.61. The van der Waals surface area contributed by atoms with E-state index in [-0.39, 0.29) is 11.7 Å². The third-order valence-corrected chi connectivity index (χ3v) is 4.52. The molecule has 0 radical (unpaired) electrons. The first-order valence-electron chi connectivity index (χ1n) is 8.35. The lowest BCUT2D eigenvalue weighted by Gasteiger charge is -2.33. The highest BCUT2D eigenvalue weighted by atomic mass is 35.5. The van der Waals surface area contributed by atoms with Gasteiger partial charge < -0.3 is 10.1 Å². The van der Waals surface area contributed by atoms with Crippen LogP contribution in [0.3, 0.4) is 0 Å². The number of benzene rings is 2. The Labute approximate surface area is 159 Å². The molecule has 0 aliphatic carbocycles. The number of carbonyl (C=O) groups is 2. The fraction of sp³-hybridized carbons (Fsp3) is 0.333. The lowest BCUT2D eigenvalue weighted by molar-refractivity contribution is -0.130. The molecular formula is C21H24ClNO3. The first kappa shape index (κ1) is 20.0. The molecule has 1 atom stereocenters. The predicted molar refractivity (Wildman–Crippen MR) is 104 cm³/mol. The summed E-state index contributed by atoms with van der Waals surface area (Å²) in [6, 6.07) is 13.8. The van der Waals surface area contributed by atoms with Gasteiger partial charge in [0, 0.05) is 16.0 Å². The van der Waals surface area contributed by atoms with E-state index in [0.717, 1.165) is 0 Å². The summed E-state index contributed by atoms with van der Waals surface area (Å²) >= 11 is 5.93. The molecule has 0 aliphatic heterocycles. The lowest BCUT2D eigenvalue weighted by atomic mass is 9.82. The van der Waals surface area contributed by atoms with E-state index in [1.54, 1.807) is 62.6 Å². The van der Waals surface area contributed by atoms with E-state index >= 15 is 0 Å². The number of methoxy groups -OCH3 is 1. The molecule has 0 aliphatic rings. The molecule has 26 heavy (non-hydrogen) atoms. The van der Waals surface area contributed by atoms with Crippen LogP contribution in [0.1, 0.15) is 43.6 Å². The normalized spacial score (nSPS) is 13.6. The van der Waals surface area contributed by atoms with Crippen molar-refractivity contribution in [2.45, 2.75) is 33.2 Å². The summed E-state index contributed by atoms with van der Waals surface area (Å²) in [5.41, 5.74) is -0.698. The summed E-state index contributed by atoms with van der Waals surface area (Å²) in [6.07, 6.45) is 0. The largest absolute Gasteiger partial charge is 0.497 e. The molecule has 0 heterocycles. The van der Waals surface area contributed by atoms with Gasteiger partial charge in [-0.1, -0.05) is 44.5 Å². The molecular weight excluding hydrogens is 350 g/mol. The Morgan fingerprint density at radius 1 is 0.923 bits per heavy atom. The summed E-state index contributed by atoms with van der Waals surface area (Å²) in [5.74, 6) is 0.257. The molecule has 2 aromatic rings. The van der Waals surface area contributed by atoms with Crippen LogP contribution < -0.4 is 10.1 Å². The van der Waals surface area contributed by atoms with Crippen LogP contribution in [0.4, 0.5) is 0 Å². The lowest BCUT2D eigenvalue weighted by Crippen LogP contribution is -2.52. The van der Waals surface area contributed by atoms with Crippen LogP contribution in [0.2, 0.25) is 5.02 Å². The van der Waals surface area contributed by atoms with Crippen LogP contribution >= 0.6 is 11.6 Å². The molecule has 2 aromatic carbocycles. The standard InChI is InChI=1S/C21H24ClNO3/c1-20(2,3)19(25)23-21(4,15-8-12-17(26-5)13-9-15)18(24)14-6-10-16(22)11-7-14/h6-13H,1-5H3,(H,23,25)/t21-/m0/s1. The number of rotatable bonds is 5. The van der Waals surface area contributed by atoms with Crippen molar-refractivity contribution in [2.75, 3.05) is 7.11 Å². The molecule has 0 spiro atoms. The summed E-state index contributed by atoms with van der Waals surface area (Å²) < 4.78 is 5.19. The van der Waals surface area contributed by atoms with Crippen molar-refractivity contribution < 1.29 is 14.3 Å². The number of hydrogen-bond donors (Lipinski definition) is 1. The molecule has 0 bridgehead atoms. The van der Waals surface area contributed by atoms with Gasteiger partial charge in [0.15, 0.2) is 5.78 Å². The van der Waals surface area contributed by atoms with E-state index < -0.39 is 11.0 Å². The SMILES string of the molecule is COc1ccc([C@](C)(NC(=O)C(C)(C)C)C(=O)c2ccc(Cl)cc2)cc1. The highest BCUT2D eigenvalue weighted by Crippen LogP contribution is 2.29. The fourth-order valence-electron chi connectivity index (χ4n) is 2.49. The average molecular weight is 374 g/mol. The molecule has 5 heteroatoms. The summed E-state index contributed by atoms with van der Waals surface area (Å²) in [6.45, 7) is 7.14. The number of hydrogen-bond acceptors (Lipinski definition) is 3. The summed E-state index contributed by atoms with van der Waals surface area (Å²) in [4.78, 5) is 26.0. The molecule has 4 nitrogen and oxygen atoms in total. The van der Waals surface area contributed by atoms with Crippen molar-refractivity contribution in [3.05, 3.63) is 64.7 Å². The van der Waals surface area contributed by atoms with Gasteiger partial charge in [-0.15, -0.1) is 0 Å². The minimum atomic E-state index is -1.22. The number of ketones is 1. The number of ether oxygens (including phenoxy) is 1. The summed E-state index contributed by atoms with van der Waals surface area (Å²) in [5, 5.41) is 3.49. The van der Waals surface area contributed by atoms with Crippen molar-refractivity contribution in [1.29, 1.82) is 0 Å². The second-order valence-electron chi connectivity index (χ2n) is 7.39. The average Bonchev–Trinajstić information content (AvgIpc) is 2.61. The van der Waals surface area contributed by atoms with E-state index in [2.05, 4.69) is 5.32 Å². The van der Waals surface area contributed by atoms with Gasteiger partial charge in [0.25, 0.3) is 0 Å². The molecule has 1 N–H and O–H groups in total. The second-order valence-corrected chi connectivity index (χ2v) is 7.83. The van der Waals surface area contributed by atoms with Crippen LogP contribution in [0.5, 0.6) is 5.75 Å². The van der Waals surface area contributed by atoms with Gasteiger partial charge in [0.05, 0.1) is 7.11 Å². The number of amides is 1. The molecule has 1 amide bonds. The zero-order valence-electron chi connectivity index (χ0n) is 15.7. The van der Waals surface area contributed by atoms with Crippen molar-refractivity contribution >= 4 is 23.3 Å². The third kappa shape index (κ3) is 4.25. The Morgan fingerprint density at radius 3 is 1.92 bits per heavy atom. The van der Waals surface area contributed by atoms with E-state index in [1.807, 2.05) is 20.8 Å². The topological polar surface area (TPSA) is 55.4 Å². The Hall–Kier alpha value is -2.33. The van der Waals surface area contributed by atoms with Crippen molar-refractivity contribution in [3.8, 4) is 5.75 Å². The van der Waals surface area contributed by atoms with Gasteiger partial charge in [-0.25, -0.2) is 0 Å². The molecule has 0 fully saturated rings. The first-order valence-corrected chi connectivity index (χ1v) is 8.73. The van der Waals surface area contributed by atoms with Crippen LogP contribution in [0.15, 0.2) is 48.5 Å². The predicted octanol–water partition coefficient (Wildman–Crippen LogP) is 4.61. The minimum absolute atomic E-state index is 0.210. The maximum absolute atomic E-state index is 13.3. The van der Waals surface area contributed by atoms with E-state index in [4.69, 9.17) is 16.3 Å².